The summed E-state index contributed by atoms with van der Waals surface area (Å²) in [7, 11) is 0. The topological polar surface area (TPSA) is 72.2 Å². The van der Waals surface area contributed by atoms with Crippen LogP contribution >= 0.6 is 23.1 Å². The molecule has 0 unspecified atom stereocenters. The zero-order valence-corrected chi connectivity index (χ0v) is 15.6. The zero-order valence-electron chi connectivity index (χ0n) is 14.0. The number of thioether (sulfide) groups is 1. The summed E-state index contributed by atoms with van der Waals surface area (Å²) < 4.78 is 15.4. The number of rotatable bonds is 4. The number of hydrogen-bond donors (Lipinski definition) is 1. The molecule has 0 spiro atoms. The highest BCUT2D eigenvalue weighted by Gasteiger charge is 2.16. The molecule has 0 radical (unpaired) electrons. The van der Waals surface area contributed by atoms with Gasteiger partial charge in [-0.25, -0.2) is 9.37 Å². The van der Waals surface area contributed by atoms with E-state index in [0.717, 1.165) is 21.4 Å². The monoisotopic (exact) mass is 387 g/mol. The number of anilines is 1. The van der Waals surface area contributed by atoms with Crippen molar-refractivity contribution < 1.29 is 9.18 Å². The van der Waals surface area contributed by atoms with Crippen molar-refractivity contribution in [1.29, 1.82) is 0 Å². The molecule has 0 bridgehead atoms. The Kier molecular flexibility index (Phi) is 4.33. The molecule has 4 rings (SSSR count). The Labute approximate surface area is 156 Å². The molecule has 0 aliphatic rings. The van der Waals surface area contributed by atoms with E-state index in [1.165, 1.54) is 28.8 Å². The fraction of sp³-hybridized carbons (Fsp3) is 0.176. The normalized spacial score (nSPS) is 11.3. The van der Waals surface area contributed by atoms with E-state index < -0.39 is 5.82 Å². The Hall–Kier alpha value is -2.52. The highest BCUT2D eigenvalue weighted by Crippen LogP contribution is 2.32. The van der Waals surface area contributed by atoms with Gasteiger partial charge in [0, 0.05) is 4.88 Å². The second kappa shape index (κ2) is 6.65. The van der Waals surface area contributed by atoms with Crippen molar-refractivity contribution in [2.75, 3.05) is 11.1 Å². The number of amides is 1. The quantitative estimate of drug-likeness (QED) is 0.539. The molecule has 0 saturated heterocycles. The maximum absolute atomic E-state index is 13.6. The molecule has 4 aromatic rings. The number of para-hydroxylation sites is 1. The lowest BCUT2D eigenvalue weighted by atomic mass is 10.2. The van der Waals surface area contributed by atoms with E-state index in [0.29, 0.717) is 5.16 Å². The van der Waals surface area contributed by atoms with Gasteiger partial charge in [-0.2, -0.15) is 0 Å². The molecule has 0 atom stereocenters. The van der Waals surface area contributed by atoms with Gasteiger partial charge in [-0.3, -0.25) is 9.20 Å². The van der Waals surface area contributed by atoms with Gasteiger partial charge >= 0.3 is 0 Å². The maximum Gasteiger partial charge on any atom is 0.234 e. The Morgan fingerprint density at radius 2 is 2.12 bits per heavy atom. The average Bonchev–Trinajstić information content (AvgIpc) is 3.16. The molecule has 26 heavy (non-hydrogen) atoms. The van der Waals surface area contributed by atoms with E-state index in [1.807, 2.05) is 6.92 Å². The molecule has 0 fully saturated rings. The summed E-state index contributed by atoms with van der Waals surface area (Å²) in [5.41, 5.74) is 2.04. The van der Waals surface area contributed by atoms with Crippen LogP contribution in [0.25, 0.3) is 15.9 Å². The first-order valence-electron chi connectivity index (χ1n) is 7.81. The maximum atomic E-state index is 13.6. The standard InChI is InChI=1S/C17H14FN5OS2/c1-9-10(2)26-16-14(9)15-21-22-17(23(15)8-19-16)25-7-13(24)20-12-6-4-3-5-11(12)18/h3-6,8H,7H2,1-2H3,(H,20,24). The molecular formula is C17H14FN5OS2. The average molecular weight is 387 g/mol. The van der Waals surface area contributed by atoms with Gasteiger partial charge in [0.2, 0.25) is 5.91 Å². The minimum atomic E-state index is -0.464. The lowest BCUT2D eigenvalue weighted by molar-refractivity contribution is -0.113. The number of halogens is 1. The minimum absolute atomic E-state index is 0.0921. The van der Waals surface area contributed by atoms with E-state index in [2.05, 4.69) is 27.4 Å². The summed E-state index contributed by atoms with van der Waals surface area (Å²) in [4.78, 5) is 18.7. The first-order valence-corrected chi connectivity index (χ1v) is 9.61. The molecule has 6 nitrogen and oxygen atoms in total. The Balaban J connectivity index is 1.55. The van der Waals surface area contributed by atoms with Crippen LogP contribution in [0.1, 0.15) is 10.4 Å². The lowest BCUT2D eigenvalue weighted by Crippen LogP contribution is -2.15. The van der Waals surface area contributed by atoms with Crippen LogP contribution in [0.5, 0.6) is 0 Å². The summed E-state index contributed by atoms with van der Waals surface area (Å²) in [6.07, 6.45) is 1.67. The number of hydrogen-bond acceptors (Lipinski definition) is 6. The number of thiophene rings is 1. The first kappa shape index (κ1) is 16.9. The number of aromatic nitrogens is 4. The third kappa shape index (κ3) is 2.93. The van der Waals surface area contributed by atoms with Crippen molar-refractivity contribution in [3.63, 3.8) is 0 Å². The van der Waals surface area contributed by atoms with Gasteiger partial charge in [-0.1, -0.05) is 23.9 Å². The Morgan fingerprint density at radius 3 is 2.92 bits per heavy atom. The SMILES string of the molecule is Cc1sc2ncn3c(SCC(=O)Nc4ccccc4F)nnc3c2c1C. The molecule has 1 N–H and O–H groups in total. The second-order valence-corrected chi connectivity index (χ2v) is 7.85. The summed E-state index contributed by atoms with van der Waals surface area (Å²) in [6.45, 7) is 4.09. The van der Waals surface area contributed by atoms with Crippen molar-refractivity contribution in [2.24, 2.45) is 0 Å². The molecule has 0 aliphatic heterocycles. The van der Waals surface area contributed by atoms with E-state index >= 15 is 0 Å². The van der Waals surface area contributed by atoms with E-state index in [1.54, 1.807) is 34.2 Å². The highest BCUT2D eigenvalue weighted by molar-refractivity contribution is 7.99. The predicted octanol–water partition coefficient (Wildman–Crippen LogP) is 3.83. The first-order chi connectivity index (χ1) is 12.5. The molecule has 0 saturated carbocycles. The third-order valence-electron chi connectivity index (χ3n) is 4.03. The van der Waals surface area contributed by atoms with Crippen LogP contribution in [0.3, 0.4) is 0 Å². The molecule has 3 aromatic heterocycles. The smallest absolute Gasteiger partial charge is 0.234 e. The fourth-order valence-electron chi connectivity index (χ4n) is 2.60. The van der Waals surface area contributed by atoms with E-state index in [-0.39, 0.29) is 17.3 Å². The van der Waals surface area contributed by atoms with E-state index in [4.69, 9.17) is 0 Å². The minimum Gasteiger partial charge on any atom is -0.323 e. The number of carbonyl (C=O) groups excluding carboxylic acids is 1. The van der Waals surface area contributed by atoms with Crippen LogP contribution < -0.4 is 5.32 Å². The van der Waals surface area contributed by atoms with Gasteiger partial charge in [-0.05, 0) is 31.5 Å². The van der Waals surface area contributed by atoms with Crippen LogP contribution in [0.4, 0.5) is 10.1 Å². The third-order valence-corrected chi connectivity index (χ3v) is 6.08. The van der Waals surface area contributed by atoms with Crippen molar-refractivity contribution in [3.8, 4) is 0 Å². The van der Waals surface area contributed by atoms with Crippen molar-refractivity contribution >= 4 is 50.6 Å². The van der Waals surface area contributed by atoms with Gasteiger partial charge in [-0.15, -0.1) is 21.5 Å². The van der Waals surface area contributed by atoms with Crippen molar-refractivity contribution in [2.45, 2.75) is 19.0 Å². The van der Waals surface area contributed by atoms with Gasteiger partial charge in [0.15, 0.2) is 10.8 Å². The lowest BCUT2D eigenvalue weighted by Gasteiger charge is -2.05. The molecule has 1 amide bonds. The van der Waals surface area contributed by atoms with Crippen LogP contribution in [0, 0.1) is 19.7 Å². The summed E-state index contributed by atoms with van der Waals surface area (Å²) >= 11 is 2.85. The fourth-order valence-corrected chi connectivity index (χ4v) is 4.30. The van der Waals surface area contributed by atoms with Crippen molar-refractivity contribution in [1.82, 2.24) is 19.6 Å². The van der Waals surface area contributed by atoms with Crippen LogP contribution in [-0.4, -0.2) is 31.2 Å². The Morgan fingerprint density at radius 1 is 1.31 bits per heavy atom. The second-order valence-electron chi connectivity index (χ2n) is 5.70. The summed E-state index contributed by atoms with van der Waals surface area (Å²) in [5.74, 6) is -0.684. The zero-order chi connectivity index (χ0) is 18.3. The molecular weight excluding hydrogens is 373 g/mol. The van der Waals surface area contributed by atoms with Gasteiger partial charge < -0.3 is 5.32 Å². The highest BCUT2D eigenvalue weighted by atomic mass is 32.2. The molecule has 0 aliphatic carbocycles. The summed E-state index contributed by atoms with van der Waals surface area (Å²) in [5, 5.41) is 12.6. The van der Waals surface area contributed by atoms with Crippen LogP contribution in [0.2, 0.25) is 0 Å². The van der Waals surface area contributed by atoms with Crippen LogP contribution in [0.15, 0.2) is 35.7 Å². The Bertz CT molecular complexity index is 1140. The van der Waals surface area contributed by atoms with Crippen LogP contribution in [-0.2, 0) is 4.79 Å². The summed E-state index contributed by atoms with van der Waals surface area (Å²) in [6, 6.07) is 6.06. The predicted molar refractivity (Wildman–Crippen MR) is 101 cm³/mol. The molecule has 9 heteroatoms. The number of benzene rings is 1. The van der Waals surface area contributed by atoms with Crippen molar-refractivity contribution in [3.05, 3.63) is 46.9 Å². The number of fused-ring (bicyclic) bond motifs is 3. The largest absolute Gasteiger partial charge is 0.323 e. The number of carbonyl (C=O) groups is 1. The number of nitrogens with zero attached hydrogens (tertiary/aromatic N) is 4. The molecule has 1 aromatic carbocycles. The molecule has 3 heterocycles. The van der Waals surface area contributed by atoms with Gasteiger partial charge in [0.25, 0.3) is 0 Å². The number of nitrogens with one attached hydrogen (secondary N) is 1. The molecule has 132 valence electrons. The van der Waals surface area contributed by atoms with Gasteiger partial charge in [0.1, 0.15) is 17.0 Å². The van der Waals surface area contributed by atoms with E-state index in [9.17, 15) is 9.18 Å². The van der Waals surface area contributed by atoms with Gasteiger partial charge in [0.05, 0.1) is 16.8 Å². The number of aryl methyl sites for hydroxylation is 2.